The Morgan fingerprint density at radius 2 is 1.97 bits per heavy atom. The van der Waals surface area contributed by atoms with Crippen molar-refractivity contribution in [3.8, 4) is 0 Å². The number of aromatic nitrogens is 2. The zero-order valence-corrected chi connectivity index (χ0v) is 16.7. The molecule has 2 heterocycles. The fourth-order valence-electron chi connectivity index (χ4n) is 3.29. The summed E-state index contributed by atoms with van der Waals surface area (Å²) in [6.07, 6.45) is -0.142. The molecule has 2 amide bonds. The molecule has 152 valence electrons. The average molecular weight is 424 g/mol. The second kappa shape index (κ2) is 8.00. The van der Waals surface area contributed by atoms with Gasteiger partial charge in [-0.1, -0.05) is 35.9 Å². The smallest absolute Gasteiger partial charge is 0.258 e. The van der Waals surface area contributed by atoms with Crippen LogP contribution in [-0.2, 0) is 9.59 Å². The van der Waals surface area contributed by atoms with E-state index in [1.165, 1.54) is 0 Å². The molecule has 0 saturated heterocycles. The summed E-state index contributed by atoms with van der Waals surface area (Å²) in [4.78, 5) is 44.8. The van der Waals surface area contributed by atoms with E-state index in [4.69, 9.17) is 11.6 Å². The monoisotopic (exact) mass is 423 g/mol. The van der Waals surface area contributed by atoms with Gasteiger partial charge in [0.15, 0.2) is 0 Å². The number of nitrogens with one attached hydrogen (secondary N) is 4. The van der Waals surface area contributed by atoms with Crippen molar-refractivity contribution in [1.29, 1.82) is 0 Å². The van der Waals surface area contributed by atoms with E-state index >= 15 is 0 Å². The number of amides is 2. The first-order chi connectivity index (χ1) is 14.4. The first kappa shape index (κ1) is 19.7. The lowest BCUT2D eigenvalue weighted by Crippen LogP contribution is -2.36. The highest BCUT2D eigenvalue weighted by atomic mass is 35.5. The average Bonchev–Trinajstić information content (AvgIpc) is 2.68. The minimum Gasteiger partial charge on any atom is -0.326 e. The highest BCUT2D eigenvalue weighted by molar-refractivity contribution is 6.30. The van der Waals surface area contributed by atoms with Crippen LogP contribution in [0.4, 0.5) is 23.1 Å². The number of aryl methyl sites for hydroxylation is 1. The second-order valence-electron chi connectivity index (χ2n) is 6.92. The highest BCUT2D eigenvalue weighted by Crippen LogP contribution is 2.30. The molecule has 0 unspecified atom stereocenters. The molecule has 1 atom stereocenters. The van der Waals surface area contributed by atoms with Gasteiger partial charge in [-0.25, -0.2) is 0 Å². The summed E-state index contributed by atoms with van der Waals surface area (Å²) in [7, 11) is 0. The Kier molecular flexibility index (Phi) is 5.24. The maximum Gasteiger partial charge on any atom is 0.258 e. The van der Waals surface area contributed by atoms with Gasteiger partial charge < -0.3 is 16.0 Å². The molecule has 9 heteroatoms. The molecule has 0 bridgehead atoms. The molecule has 1 aliphatic heterocycles. The first-order valence-corrected chi connectivity index (χ1v) is 9.61. The fraction of sp³-hybridized carbons (Fsp3) is 0.143. The van der Waals surface area contributed by atoms with Crippen LogP contribution in [-0.4, -0.2) is 21.8 Å². The first-order valence-electron chi connectivity index (χ1n) is 9.24. The Bertz CT molecular complexity index is 1210. The molecule has 4 rings (SSSR count). The Balaban J connectivity index is 1.65. The molecule has 4 N–H and O–H groups in total. The zero-order chi connectivity index (χ0) is 21.3. The van der Waals surface area contributed by atoms with Crippen molar-refractivity contribution < 1.29 is 9.59 Å². The van der Waals surface area contributed by atoms with Crippen LogP contribution in [0.25, 0.3) is 0 Å². The Morgan fingerprint density at radius 3 is 2.73 bits per heavy atom. The topological polar surface area (TPSA) is 116 Å². The van der Waals surface area contributed by atoms with Gasteiger partial charge in [0, 0.05) is 22.8 Å². The van der Waals surface area contributed by atoms with Crippen LogP contribution in [0.15, 0.2) is 53.3 Å². The molecular weight excluding hydrogens is 406 g/mol. The standard InChI is InChI=1S/C21H18ClN5O3/c1-11-5-2-3-8-15(11)24-19(29)14-10-16(28)25-18-17(14)20(30)27-21(26-18)23-13-7-4-6-12(22)9-13/h2-9,14H,10H2,1H3,(H,24,29)(H3,23,25,26,27,28,30)/t14-/m1/s1. The van der Waals surface area contributed by atoms with E-state index in [9.17, 15) is 14.4 Å². The number of carbonyl (C=O) groups is 2. The molecule has 1 aromatic heterocycles. The lowest BCUT2D eigenvalue weighted by atomic mass is 9.92. The summed E-state index contributed by atoms with van der Waals surface area (Å²) in [5.41, 5.74) is 1.73. The molecule has 2 aromatic carbocycles. The molecule has 1 aliphatic rings. The van der Waals surface area contributed by atoms with E-state index in [-0.39, 0.29) is 29.7 Å². The number of aromatic amines is 1. The molecule has 0 radical (unpaired) electrons. The van der Waals surface area contributed by atoms with Crippen molar-refractivity contribution in [3.63, 3.8) is 0 Å². The summed E-state index contributed by atoms with van der Waals surface area (Å²) < 4.78 is 0. The Morgan fingerprint density at radius 1 is 1.17 bits per heavy atom. The van der Waals surface area contributed by atoms with Gasteiger partial charge in [0.05, 0.1) is 11.5 Å². The van der Waals surface area contributed by atoms with Crippen LogP contribution >= 0.6 is 11.6 Å². The second-order valence-corrected chi connectivity index (χ2v) is 7.36. The van der Waals surface area contributed by atoms with E-state index in [1.54, 1.807) is 36.4 Å². The number of anilines is 4. The minimum absolute atomic E-state index is 0.0597. The largest absolute Gasteiger partial charge is 0.326 e. The Hall–Kier alpha value is -3.65. The fourth-order valence-corrected chi connectivity index (χ4v) is 3.48. The van der Waals surface area contributed by atoms with Crippen LogP contribution in [0, 0.1) is 6.92 Å². The predicted octanol–water partition coefficient (Wildman–Crippen LogP) is 3.54. The SMILES string of the molecule is Cc1ccccc1NC(=O)[C@@H]1CC(=O)Nc2nc(Nc3cccc(Cl)c3)[nH]c(=O)c21. The molecule has 0 fully saturated rings. The van der Waals surface area contributed by atoms with E-state index in [0.717, 1.165) is 5.56 Å². The number of halogens is 1. The van der Waals surface area contributed by atoms with Crippen LogP contribution in [0.1, 0.15) is 23.5 Å². The zero-order valence-electron chi connectivity index (χ0n) is 16.0. The minimum atomic E-state index is -0.954. The lowest BCUT2D eigenvalue weighted by Gasteiger charge is -2.24. The maximum absolute atomic E-state index is 12.9. The molecule has 0 spiro atoms. The summed E-state index contributed by atoms with van der Waals surface area (Å²) in [5, 5.41) is 8.84. The number of hydrogen-bond donors (Lipinski definition) is 4. The molecule has 3 aromatic rings. The van der Waals surface area contributed by atoms with Crippen molar-refractivity contribution in [2.75, 3.05) is 16.0 Å². The van der Waals surface area contributed by atoms with Gasteiger partial charge in [0.2, 0.25) is 17.8 Å². The number of fused-ring (bicyclic) bond motifs is 1. The number of nitrogens with zero attached hydrogens (tertiary/aromatic N) is 1. The van der Waals surface area contributed by atoms with Gasteiger partial charge in [-0.15, -0.1) is 0 Å². The van der Waals surface area contributed by atoms with Gasteiger partial charge in [0.1, 0.15) is 5.82 Å². The third-order valence-corrected chi connectivity index (χ3v) is 4.99. The van der Waals surface area contributed by atoms with Gasteiger partial charge in [-0.3, -0.25) is 19.4 Å². The number of benzene rings is 2. The van der Waals surface area contributed by atoms with E-state index in [1.807, 2.05) is 19.1 Å². The van der Waals surface area contributed by atoms with Gasteiger partial charge >= 0.3 is 0 Å². The van der Waals surface area contributed by atoms with Crippen molar-refractivity contribution in [2.24, 2.45) is 0 Å². The van der Waals surface area contributed by atoms with Gasteiger partial charge in [-0.2, -0.15) is 4.98 Å². The summed E-state index contributed by atoms with van der Waals surface area (Å²) >= 11 is 5.97. The molecule has 0 aliphatic carbocycles. The van der Waals surface area contributed by atoms with Crippen molar-refractivity contribution in [1.82, 2.24) is 9.97 Å². The van der Waals surface area contributed by atoms with E-state index in [2.05, 4.69) is 25.9 Å². The molecular formula is C21H18ClN5O3. The summed E-state index contributed by atoms with van der Waals surface area (Å²) in [6.45, 7) is 1.86. The number of hydrogen-bond acceptors (Lipinski definition) is 5. The lowest BCUT2D eigenvalue weighted by molar-refractivity contribution is -0.123. The van der Waals surface area contributed by atoms with Crippen LogP contribution < -0.4 is 21.5 Å². The number of rotatable bonds is 4. The number of para-hydroxylation sites is 1. The third kappa shape index (κ3) is 4.04. The Labute approximate surface area is 176 Å². The highest BCUT2D eigenvalue weighted by Gasteiger charge is 2.34. The number of H-pyrrole nitrogens is 1. The molecule has 30 heavy (non-hydrogen) atoms. The predicted molar refractivity (Wildman–Crippen MR) is 115 cm³/mol. The van der Waals surface area contributed by atoms with Gasteiger partial charge in [0.25, 0.3) is 5.56 Å². The van der Waals surface area contributed by atoms with Crippen LogP contribution in [0.3, 0.4) is 0 Å². The van der Waals surface area contributed by atoms with Crippen molar-refractivity contribution >= 4 is 46.6 Å². The quantitative estimate of drug-likeness (QED) is 0.512. The number of carbonyl (C=O) groups excluding carboxylic acids is 2. The molecule has 8 nitrogen and oxygen atoms in total. The normalized spacial score (nSPS) is 15.1. The maximum atomic E-state index is 12.9. The van der Waals surface area contributed by atoms with Crippen LogP contribution in [0.2, 0.25) is 5.02 Å². The summed E-state index contributed by atoms with van der Waals surface area (Å²) in [6, 6.07) is 14.2. The third-order valence-electron chi connectivity index (χ3n) is 4.76. The summed E-state index contributed by atoms with van der Waals surface area (Å²) in [5.74, 6) is -1.60. The van der Waals surface area contributed by atoms with Crippen LogP contribution in [0.5, 0.6) is 0 Å². The van der Waals surface area contributed by atoms with E-state index < -0.39 is 17.4 Å². The van der Waals surface area contributed by atoms with Gasteiger partial charge in [-0.05, 0) is 36.8 Å². The molecule has 0 saturated carbocycles. The van der Waals surface area contributed by atoms with Crippen molar-refractivity contribution in [3.05, 3.63) is 75.0 Å². The van der Waals surface area contributed by atoms with Crippen molar-refractivity contribution in [2.45, 2.75) is 19.3 Å². The van der Waals surface area contributed by atoms with E-state index in [0.29, 0.717) is 16.4 Å².